The van der Waals surface area contributed by atoms with Crippen molar-refractivity contribution in [3.05, 3.63) is 201 Å². The predicted octanol–water partition coefficient (Wildman–Crippen LogP) is 12.8. The molecular formula is C52H47Cl. The summed E-state index contributed by atoms with van der Waals surface area (Å²) >= 11 is 6.59. The van der Waals surface area contributed by atoms with Gasteiger partial charge in [-0.05, 0) is 142 Å². The zero-order valence-corrected chi connectivity index (χ0v) is 32.5. The van der Waals surface area contributed by atoms with Crippen molar-refractivity contribution in [1.29, 1.82) is 0 Å². The van der Waals surface area contributed by atoms with E-state index in [9.17, 15) is 0 Å². The van der Waals surface area contributed by atoms with Crippen molar-refractivity contribution in [2.75, 3.05) is 0 Å². The molecule has 0 saturated carbocycles. The van der Waals surface area contributed by atoms with E-state index in [0.717, 1.165) is 17.9 Å². The quantitative estimate of drug-likeness (QED) is 0.162. The van der Waals surface area contributed by atoms with Crippen LogP contribution in [0.25, 0.3) is 44.5 Å². The molecular weight excluding hydrogens is 660 g/mol. The fraction of sp³-hybridized carbons (Fsp3) is 0.192. The molecule has 0 amide bonds. The van der Waals surface area contributed by atoms with Crippen LogP contribution in [0.5, 0.6) is 0 Å². The van der Waals surface area contributed by atoms with Gasteiger partial charge < -0.3 is 0 Å². The Kier molecular flexibility index (Phi) is 9.00. The average molecular weight is 707 g/mol. The van der Waals surface area contributed by atoms with E-state index in [1.165, 1.54) is 88.4 Å². The summed E-state index contributed by atoms with van der Waals surface area (Å²) in [6.07, 6.45) is 8.57. The van der Waals surface area contributed by atoms with Gasteiger partial charge in [-0.2, -0.15) is 0 Å². The van der Waals surface area contributed by atoms with Crippen LogP contribution < -0.4 is 10.4 Å². The molecule has 8 rings (SSSR count). The minimum Gasteiger partial charge on any atom is -0.0843 e. The van der Waals surface area contributed by atoms with Crippen LogP contribution in [-0.2, 0) is 17.3 Å². The van der Waals surface area contributed by atoms with Crippen LogP contribution >= 0.6 is 11.6 Å². The maximum atomic E-state index is 6.59. The van der Waals surface area contributed by atoms with Gasteiger partial charge >= 0.3 is 0 Å². The topological polar surface area (TPSA) is 0 Å². The summed E-state index contributed by atoms with van der Waals surface area (Å²) < 4.78 is 0. The lowest BCUT2D eigenvalue weighted by molar-refractivity contribution is 0.590. The first-order valence-corrected chi connectivity index (χ1v) is 19.3. The number of hydrogen-bond acceptors (Lipinski definition) is 0. The second-order valence-electron chi connectivity index (χ2n) is 16.6. The Bertz CT molecular complexity index is 2520. The van der Waals surface area contributed by atoms with Crippen molar-refractivity contribution in [3.63, 3.8) is 0 Å². The van der Waals surface area contributed by atoms with E-state index in [4.69, 9.17) is 11.6 Å². The standard InChI is InChI=1S/C52H47Cl/c1-51(2,3)45-32-42-43(31-40(45)35-20-12-8-13-21-35)47(37-24-16-17-25-37)50-44(42)33-46(52(4,5)6)48(38-22-14-9-15-23-38)49(50)41(30-34-18-10-7-11-19-34)36-26-28-39(53)29-27-36/h7-24,26-29,31-33H,25,30H2,1-6H3. The van der Waals surface area contributed by atoms with Gasteiger partial charge in [-0.3, -0.25) is 0 Å². The summed E-state index contributed by atoms with van der Waals surface area (Å²) in [6, 6.07) is 49.1. The van der Waals surface area contributed by atoms with Crippen LogP contribution in [0.1, 0.15) is 75.8 Å². The van der Waals surface area contributed by atoms with E-state index < -0.39 is 0 Å². The van der Waals surface area contributed by atoms with Gasteiger partial charge in [0.2, 0.25) is 0 Å². The number of allylic oxidation sites excluding steroid dienone is 4. The van der Waals surface area contributed by atoms with Crippen molar-refractivity contribution in [3.8, 4) is 33.4 Å². The fourth-order valence-corrected chi connectivity index (χ4v) is 8.47. The number of rotatable bonds is 6. The molecule has 0 spiro atoms. The Hall–Kier alpha value is -5.17. The van der Waals surface area contributed by atoms with Gasteiger partial charge in [-0.1, -0.05) is 174 Å². The highest BCUT2D eigenvalue weighted by Crippen LogP contribution is 2.46. The Balaban J connectivity index is 1.65. The van der Waals surface area contributed by atoms with Crippen LogP contribution in [0, 0.1) is 0 Å². The van der Waals surface area contributed by atoms with Crippen LogP contribution in [-0.4, -0.2) is 0 Å². The molecule has 6 aromatic carbocycles. The highest BCUT2D eigenvalue weighted by Gasteiger charge is 2.32. The van der Waals surface area contributed by atoms with Crippen LogP contribution in [0.4, 0.5) is 0 Å². The van der Waals surface area contributed by atoms with E-state index in [1.807, 2.05) is 12.1 Å². The second kappa shape index (κ2) is 13.7. The normalized spacial score (nSPS) is 14.2. The summed E-state index contributed by atoms with van der Waals surface area (Å²) in [5.41, 5.74) is 18.1. The highest BCUT2D eigenvalue weighted by atomic mass is 35.5. The molecule has 0 saturated heterocycles. The molecule has 0 bridgehead atoms. The lowest BCUT2D eigenvalue weighted by Crippen LogP contribution is -2.36. The molecule has 1 heteroatoms. The smallest absolute Gasteiger partial charge is 0.0406 e. The third-order valence-electron chi connectivity index (χ3n) is 10.9. The van der Waals surface area contributed by atoms with Gasteiger partial charge in [0.1, 0.15) is 0 Å². The Morgan fingerprint density at radius 1 is 0.585 bits per heavy atom. The average Bonchev–Trinajstić information content (AvgIpc) is 3.80. The maximum absolute atomic E-state index is 6.59. The van der Waals surface area contributed by atoms with Crippen molar-refractivity contribution in [2.24, 2.45) is 0 Å². The number of hydrogen-bond donors (Lipinski definition) is 0. The largest absolute Gasteiger partial charge is 0.0843 e. The van der Waals surface area contributed by atoms with E-state index >= 15 is 0 Å². The summed E-state index contributed by atoms with van der Waals surface area (Å²) in [5.74, 6) is 0. The lowest BCUT2D eigenvalue weighted by atomic mass is 9.77. The van der Waals surface area contributed by atoms with Crippen molar-refractivity contribution in [1.82, 2.24) is 0 Å². The van der Waals surface area contributed by atoms with Gasteiger partial charge in [0.15, 0.2) is 0 Å². The fourth-order valence-electron chi connectivity index (χ4n) is 8.35. The zero-order valence-electron chi connectivity index (χ0n) is 31.7. The zero-order chi connectivity index (χ0) is 36.9. The molecule has 2 aliphatic carbocycles. The Morgan fingerprint density at radius 2 is 1.17 bits per heavy atom. The van der Waals surface area contributed by atoms with E-state index in [2.05, 4.69) is 181 Å². The van der Waals surface area contributed by atoms with E-state index in [1.54, 1.807) is 0 Å². The van der Waals surface area contributed by atoms with Crippen molar-refractivity contribution in [2.45, 2.75) is 65.2 Å². The minimum atomic E-state index is -0.138. The molecule has 0 unspecified atom stereocenters. The molecule has 0 N–H and O–H groups in total. The monoisotopic (exact) mass is 706 g/mol. The molecule has 53 heavy (non-hydrogen) atoms. The molecule has 2 aliphatic rings. The molecule has 0 atom stereocenters. The predicted molar refractivity (Wildman–Crippen MR) is 228 cm³/mol. The first-order chi connectivity index (χ1) is 25.5. The van der Waals surface area contributed by atoms with Crippen molar-refractivity contribution < 1.29 is 0 Å². The molecule has 0 radical (unpaired) electrons. The van der Waals surface area contributed by atoms with Gasteiger partial charge in [0.05, 0.1) is 0 Å². The Labute approximate surface area is 320 Å². The van der Waals surface area contributed by atoms with Crippen molar-refractivity contribution >= 4 is 22.7 Å². The first kappa shape index (κ1) is 34.9. The molecule has 0 fully saturated rings. The van der Waals surface area contributed by atoms with Gasteiger partial charge in [-0.25, -0.2) is 0 Å². The molecule has 0 aromatic heterocycles. The second-order valence-corrected chi connectivity index (χ2v) is 17.1. The molecule has 0 heterocycles. The van der Waals surface area contributed by atoms with Crippen LogP contribution in [0.15, 0.2) is 157 Å². The lowest BCUT2D eigenvalue weighted by Gasteiger charge is -2.27. The highest BCUT2D eigenvalue weighted by molar-refractivity contribution is 6.30. The minimum absolute atomic E-state index is 0.0646. The van der Waals surface area contributed by atoms with Crippen LogP contribution in [0.3, 0.4) is 0 Å². The summed E-state index contributed by atoms with van der Waals surface area (Å²) in [6.45, 7) is 14.2. The summed E-state index contributed by atoms with van der Waals surface area (Å²) in [4.78, 5) is 0. The first-order valence-electron chi connectivity index (χ1n) is 18.9. The third-order valence-corrected chi connectivity index (χ3v) is 11.1. The third kappa shape index (κ3) is 6.55. The van der Waals surface area contributed by atoms with Gasteiger partial charge in [0.25, 0.3) is 0 Å². The molecule has 6 aromatic rings. The van der Waals surface area contributed by atoms with Crippen LogP contribution in [0.2, 0.25) is 5.02 Å². The molecule has 0 aliphatic heterocycles. The SMILES string of the molecule is CC(C)(C)c1cc2c(cc1-c1ccccc1)C(C1=CC=CC1)=c1c-2cc(C(C)(C)C)c(-c2ccccc2)c1=C(Cc1ccccc1)c1ccc(Cl)cc1. The maximum Gasteiger partial charge on any atom is 0.0406 e. The molecule has 262 valence electrons. The van der Waals surface area contributed by atoms with Gasteiger partial charge in [-0.15, -0.1) is 0 Å². The summed E-state index contributed by atoms with van der Waals surface area (Å²) in [7, 11) is 0. The number of benzene rings is 6. The number of halogens is 1. The number of fused-ring (bicyclic) bond motifs is 3. The summed E-state index contributed by atoms with van der Waals surface area (Å²) in [5, 5.41) is 3.41. The van der Waals surface area contributed by atoms with Gasteiger partial charge in [0, 0.05) is 5.02 Å². The van der Waals surface area contributed by atoms with E-state index in [0.29, 0.717) is 0 Å². The molecule has 0 nitrogen and oxygen atoms in total. The van der Waals surface area contributed by atoms with E-state index in [-0.39, 0.29) is 10.8 Å². The Morgan fingerprint density at radius 3 is 1.75 bits per heavy atom.